The van der Waals surface area contributed by atoms with E-state index in [1.807, 2.05) is 0 Å². The zero-order valence-corrected chi connectivity index (χ0v) is 64.0. The molecule has 0 fully saturated rings. The van der Waals surface area contributed by atoms with Gasteiger partial charge in [-0.3, -0.25) is 0 Å². The maximum absolute atomic E-state index is 2.51. The predicted molar refractivity (Wildman–Crippen MR) is 498 cm³/mol. The van der Waals surface area contributed by atoms with Gasteiger partial charge >= 0.3 is 0 Å². The fourth-order valence-corrected chi connectivity index (χ4v) is 20.7. The van der Waals surface area contributed by atoms with E-state index < -0.39 is 5.41 Å². The lowest BCUT2D eigenvalue weighted by Gasteiger charge is -2.34. The standard InChI is InChI=1S/C65H41N.C50H31N/c1-3-19-47(20-4-1)65(48-21-5-2-6-22-48)58-29-15-13-23-50(58)51-37-33-46(41-59(51)65)63-54-26-11-9-24-52(54)62(53-25-10-12-27-55(53)63)42-31-35-49(36-32-42)66-60-30-16-14-28-56(60)64-57-40-44-18-8-7-17-43(44)39-45(57)34-38-61(64)66;1-2-14-32(15-3-1)48-38-20-8-10-22-40(38)49(41-23-11-9-21-39(41)48)42-27-29-46(37-19-7-6-18-36(37)42)51-45-25-13-12-24-43(45)50-44-31-34-17-5-4-16-33(34)30-35(44)26-28-47(50)51/h1-41H;1-31H. The lowest BCUT2D eigenvalue weighted by Crippen LogP contribution is -2.28. The molecule has 0 unspecified atom stereocenters. The molecule has 1 aliphatic rings. The predicted octanol–water partition coefficient (Wildman–Crippen LogP) is 31.0. The molecule has 25 rings (SSSR count). The van der Waals surface area contributed by atoms with E-state index in [4.69, 9.17) is 0 Å². The molecule has 0 saturated heterocycles. The third-order valence-corrected chi connectivity index (χ3v) is 25.5. The topological polar surface area (TPSA) is 9.86 Å². The average Bonchev–Trinajstić information content (AvgIpc) is 1.56. The van der Waals surface area contributed by atoms with Gasteiger partial charge in [0.1, 0.15) is 0 Å². The molecule has 24 aromatic rings. The lowest BCUT2D eigenvalue weighted by molar-refractivity contribution is 0.769. The first-order valence-electron chi connectivity index (χ1n) is 40.7. The number of hydrogen-bond donors (Lipinski definition) is 0. The zero-order chi connectivity index (χ0) is 76.8. The normalized spacial score (nSPS) is 12.5. The van der Waals surface area contributed by atoms with Crippen LogP contribution in [0.4, 0.5) is 0 Å². The molecule has 0 spiro atoms. The lowest BCUT2D eigenvalue weighted by atomic mass is 9.67. The number of rotatable bonds is 8. The van der Waals surface area contributed by atoms with Crippen LogP contribution in [0.2, 0.25) is 0 Å². The summed E-state index contributed by atoms with van der Waals surface area (Å²) in [5.41, 5.74) is 24.5. The number of benzene rings is 22. The Bertz CT molecular complexity index is 8080. The zero-order valence-electron chi connectivity index (χ0n) is 64.0. The van der Waals surface area contributed by atoms with Crippen LogP contribution in [-0.4, -0.2) is 9.13 Å². The van der Waals surface area contributed by atoms with Gasteiger partial charge in [-0.2, -0.15) is 0 Å². The molecule has 2 nitrogen and oxygen atoms in total. The van der Waals surface area contributed by atoms with Gasteiger partial charge in [-0.15, -0.1) is 0 Å². The molecule has 0 aliphatic heterocycles. The molecule has 2 heteroatoms. The summed E-state index contributed by atoms with van der Waals surface area (Å²) in [5.74, 6) is 0. The second-order valence-electron chi connectivity index (χ2n) is 31.5. The monoisotopic (exact) mass is 1480 g/mol. The molecule has 0 N–H and O–H groups in total. The van der Waals surface area contributed by atoms with Gasteiger partial charge in [0.15, 0.2) is 0 Å². The second kappa shape index (κ2) is 26.4. The van der Waals surface area contributed by atoms with Crippen LogP contribution in [0.15, 0.2) is 437 Å². The SMILES string of the molecule is c1ccc(-c2c3ccccc3c(-c3ccc(-n4c5ccccc5c5c6cc7ccccc7cc6ccc54)c4ccccc34)c3ccccc23)cc1.c1ccc(C2(c3ccccc3)c3ccccc3-c3ccc(-c4c5ccccc5c(-c5ccc(-n6c7ccccc7c7c8cc9ccccc9cc8ccc76)cc5)c5ccccc45)cc32)cc1. The van der Waals surface area contributed by atoms with Crippen LogP contribution in [-0.2, 0) is 5.41 Å². The smallest absolute Gasteiger partial charge is 0.0713 e. The summed E-state index contributed by atoms with van der Waals surface area (Å²) in [5, 5.41) is 27.9. The van der Waals surface area contributed by atoms with Crippen molar-refractivity contribution in [3.8, 4) is 67.0 Å². The van der Waals surface area contributed by atoms with E-state index in [0.29, 0.717) is 0 Å². The highest BCUT2D eigenvalue weighted by Crippen LogP contribution is 2.58. The Balaban J connectivity index is 0.000000139. The van der Waals surface area contributed by atoms with Crippen LogP contribution in [0, 0.1) is 0 Å². The minimum absolute atomic E-state index is 0.477. The molecule has 117 heavy (non-hydrogen) atoms. The molecule has 2 heterocycles. The molecule has 0 atom stereocenters. The van der Waals surface area contributed by atoms with Gasteiger partial charge in [0, 0.05) is 32.6 Å². The fraction of sp³-hybridized carbons (Fsp3) is 0.00870. The second-order valence-corrected chi connectivity index (χ2v) is 31.5. The molecule has 0 bridgehead atoms. The Morgan fingerprint density at radius 1 is 0.171 bits per heavy atom. The van der Waals surface area contributed by atoms with E-state index in [-0.39, 0.29) is 0 Å². The number of aromatic nitrogens is 2. The summed E-state index contributed by atoms with van der Waals surface area (Å²) in [6, 6.07) is 162. The Morgan fingerprint density at radius 2 is 0.530 bits per heavy atom. The largest absolute Gasteiger partial charge is 0.309 e. The minimum atomic E-state index is -0.477. The number of fused-ring (bicyclic) bond motifs is 20. The van der Waals surface area contributed by atoms with Crippen LogP contribution >= 0.6 is 0 Å². The van der Waals surface area contributed by atoms with Crippen molar-refractivity contribution in [2.75, 3.05) is 0 Å². The Labute approximate surface area is 676 Å². The molecule has 542 valence electrons. The Kier molecular flexibility index (Phi) is 15.0. The molecular weight excluding hydrogens is 1410 g/mol. The van der Waals surface area contributed by atoms with Crippen molar-refractivity contribution >= 4 is 141 Å². The van der Waals surface area contributed by atoms with Crippen molar-refractivity contribution in [2.24, 2.45) is 0 Å². The van der Waals surface area contributed by atoms with Crippen molar-refractivity contribution in [1.82, 2.24) is 9.13 Å². The molecule has 0 saturated carbocycles. The molecule has 22 aromatic carbocycles. The highest BCUT2D eigenvalue weighted by molar-refractivity contribution is 6.28. The Morgan fingerprint density at radius 3 is 1.04 bits per heavy atom. The van der Waals surface area contributed by atoms with Gasteiger partial charge in [0.2, 0.25) is 0 Å². The summed E-state index contributed by atoms with van der Waals surface area (Å²) < 4.78 is 4.93. The first-order chi connectivity index (χ1) is 58.1. The van der Waals surface area contributed by atoms with Crippen LogP contribution in [0.1, 0.15) is 22.3 Å². The first kappa shape index (κ1) is 66.4. The minimum Gasteiger partial charge on any atom is -0.309 e. The fourth-order valence-electron chi connectivity index (χ4n) is 20.7. The van der Waals surface area contributed by atoms with Crippen molar-refractivity contribution < 1.29 is 0 Å². The highest BCUT2D eigenvalue weighted by Gasteiger charge is 2.46. The van der Waals surface area contributed by atoms with E-state index in [9.17, 15) is 0 Å². The van der Waals surface area contributed by atoms with Gasteiger partial charge in [0.25, 0.3) is 0 Å². The summed E-state index contributed by atoms with van der Waals surface area (Å²) in [6.07, 6.45) is 0. The number of nitrogens with zero attached hydrogens (tertiary/aromatic N) is 2. The van der Waals surface area contributed by atoms with E-state index in [1.54, 1.807) is 0 Å². The van der Waals surface area contributed by atoms with Crippen molar-refractivity contribution in [1.29, 1.82) is 0 Å². The number of hydrogen-bond acceptors (Lipinski definition) is 0. The average molecular weight is 1480 g/mol. The van der Waals surface area contributed by atoms with Crippen LogP contribution in [0.5, 0.6) is 0 Å². The molecule has 2 aromatic heterocycles. The maximum Gasteiger partial charge on any atom is 0.0713 e. The van der Waals surface area contributed by atoms with E-state index >= 15 is 0 Å². The van der Waals surface area contributed by atoms with Gasteiger partial charge < -0.3 is 9.13 Å². The summed E-state index contributed by atoms with van der Waals surface area (Å²) in [4.78, 5) is 0. The molecular formula is C115H72N2. The van der Waals surface area contributed by atoms with Gasteiger partial charge in [-0.25, -0.2) is 0 Å². The third-order valence-electron chi connectivity index (χ3n) is 25.5. The Hall–Kier alpha value is -15.2. The van der Waals surface area contributed by atoms with Crippen molar-refractivity contribution in [3.05, 3.63) is 459 Å². The van der Waals surface area contributed by atoms with E-state index in [0.717, 1.165) is 5.69 Å². The van der Waals surface area contributed by atoms with Gasteiger partial charge in [-0.1, -0.05) is 364 Å². The number of para-hydroxylation sites is 2. The molecule has 1 aliphatic carbocycles. The van der Waals surface area contributed by atoms with E-state index in [2.05, 4.69) is 446 Å². The van der Waals surface area contributed by atoms with Crippen LogP contribution in [0.25, 0.3) is 208 Å². The highest BCUT2D eigenvalue weighted by atomic mass is 15.0. The summed E-state index contributed by atoms with van der Waals surface area (Å²) >= 11 is 0. The maximum atomic E-state index is 2.51. The summed E-state index contributed by atoms with van der Waals surface area (Å²) in [6.45, 7) is 0. The summed E-state index contributed by atoms with van der Waals surface area (Å²) in [7, 11) is 0. The third kappa shape index (κ3) is 10.1. The van der Waals surface area contributed by atoms with Crippen LogP contribution < -0.4 is 0 Å². The van der Waals surface area contributed by atoms with Crippen molar-refractivity contribution in [3.63, 3.8) is 0 Å². The van der Waals surface area contributed by atoms with Crippen molar-refractivity contribution in [2.45, 2.75) is 5.41 Å². The quantitative estimate of drug-likeness (QED) is 0.134. The molecule has 0 amide bonds. The van der Waals surface area contributed by atoms with Crippen LogP contribution in [0.3, 0.4) is 0 Å². The first-order valence-corrected chi connectivity index (χ1v) is 40.7. The van der Waals surface area contributed by atoms with Gasteiger partial charge in [-0.05, 0) is 242 Å². The van der Waals surface area contributed by atoms with E-state index in [1.165, 1.54) is 224 Å². The molecule has 0 radical (unpaired) electrons. The van der Waals surface area contributed by atoms with Gasteiger partial charge in [0.05, 0.1) is 33.2 Å².